The molecule has 11 nitrogen and oxygen atoms in total. The smallest absolute Gasteiger partial charge is 0.422 e. The molecule has 1 aliphatic rings. The van der Waals surface area contributed by atoms with E-state index in [1.165, 1.54) is 29.2 Å². The van der Waals surface area contributed by atoms with Crippen LogP contribution >= 0.6 is 0 Å². The summed E-state index contributed by atoms with van der Waals surface area (Å²) in [4.78, 5) is 45.6. The van der Waals surface area contributed by atoms with E-state index >= 15 is 0 Å². The van der Waals surface area contributed by atoms with Crippen molar-refractivity contribution in [1.82, 2.24) is 19.7 Å². The Balaban J connectivity index is 1.52. The molecule has 0 radical (unpaired) electrons. The van der Waals surface area contributed by atoms with Gasteiger partial charge in [-0.2, -0.15) is 18.3 Å². The zero-order valence-electron chi connectivity index (χ0n) is 23.4. The second-order valence-electron chi connectivity index (χ2n) is 11.0. The number of hydrogen-bond donors (Lipinski definition) is 1. The Morgan fingerprint density at radius 2 is 1.91 bits per heavy atom. The molecule has 1 saturated carbocycles. The quantitative estimate of drug-likeness (QED) is 0.230. The van der Waals surface area contributed by atoms with E-state index in [4.69, 9.17) is 4.42 Å². The predicted octanol–water partition coefficient (Wildman–Crippen LogP) is 6.36. The molecule has 4 rings (SSSR count). The molecule has 0 unspecified atom stereocenters. The number of halogens is 5. The summed E-state index contributed by atoms with van der Waals surface area (Å²) in [5, 5.41) is 6.37. The van der Waals surface area contributed by atoms with Crippen LogP contribution in [-0.2, 0) is 9.53 Å². The van der Waals surface area contributed by atoms with Crippen molar-refractivity contribution in [3.8, 4) is 11.5 Å². The van der Waals surface area contributed by atoms with Gasteiger partial charge in [0.1, 0.15) is 18.4 Å². The molecule has 1 fully saturated rings. The summed E-state index contributed by atoms with van der Waals surface area (Å²) in [7, 11) is 0. The van der Waals surface area contributed by atoms with Crippen molar-refractivity contribution in [1.29, 1.82) is 0 Å². The summed E-state index contributed by atoms with van der Waals surface area (Å²) in [5.41, 5.74) is -1.91. The van der Waals surface area contributed by atoms with E-state index in [1.54, 1.807) is 20.8 Å². The van der Waals surface area contributed by atoms with Crippen LogP contribution in [0.4, 0.5) is 38.3 Å². The lowest BCUT2D eigenvalue weighted by Crippen LogP contribution is -2.47. The predicted molar refractivity (Wildman–Crippen MR) is 142 cm³/mol. The highest BCUT2D eigenvalue weighted by molar-refractivity contribution is 6.03. The zero-order chi connectivity index (χ0) is 31.5. The number of carbonyl (C=O) groups is 3. The van der Waals surface area contributed by atoms with Crippen LogP contribution in [0.5, 0.6) is 0 Å². The van der Waals surface area contributed by atoms with E-state index in [2.05, 4.69) is 25.1 Å². The number of amides is 2. The maximum atomic E-state index is 13.7. The van der Waals surface area contributed by atoms with Gasteiger partial charge in [-0.1, -0.05) is 0 Å². The molecule has 0 spiro atoms. The normalized spacial score (nSPS) is 17.5. The largest absolute Gasteiger partial charge is 0.444 e. The zero-order valence-corrected chi connectivity index (χ0v) is 23.4. The standard InChI is InChI=1S/C27H29F5N6O5/c1-26(2,3)38(25(41)43-14-27(30,31)32)20-10-16(8-9-33-20)24-35-19(13-42-24)23(40)34-18-11-37(36-21(18)22(28)29)17-6-4-15(12-39)5-7-17/h8-13,15,17,22H,4-7,14H2,1-3H3,(H,34,40). The number of oxazole rings is 1. The van der Waals surface area contributed by atoms with Crippen molar-refractivity contribution in [2.24, 2.45) is 5.92 Å². The fourth-order valence-electron chi connectivity index (χ4n) is 4.64. The van der Waals surface area contributed by atoms with E-state index in [-0.39, 0.29) is 40.6 Å². The SMILES string of the molecule is CC(C)(C)N(C(=O)OCC(F)(F)F)c1cc(-c2nc(C(=O)Nc3cn(C4CCC(C=O)CC4)nc3C(F)F)co2)ccn1. The van der Waals surface area contributed by atoms with Gasteiger partial charge in [0.15, 0.2) is 18.0 Å². The molecule has 0 aromatic carbocycles. The number of nitrogens with one attached hydrogen (secondary N) is 1. The van der Waals surface area contributed by atoms with Gasteiger partial charge in [-0.15, -0.1) is 0 Å². The lowest BCUT2D eigenvalue weighted by molar-refractivity contribution is -0.160. The lowest BCUT2D eigenvalue weighted by Gasteiger charge is -2.33. The fourth-order valence-corrected chi connectivity index (χ4v) is 4.64. The van der Waals surface area contributed by atoms with Crippen LogP contribution in [0.1, 0.15) is 75.1 Å². The minimum absolute atomic E-state index is 0.0712. The lowest BCUT2D eigenvalue weighted by atomic mass is 9.87. The van der Waals surface area contributed by atoms with Crippen molar-refractivity contribution >= 4 is 29.8 Å². The van der Waals surface area contributed by atoms with Crippen LogP contribution in [0.25, 0.3) is 11.5 Å². The van der Waals surface area contributed by atoms with Gasteiger partial charge in [0.2, 0.25) is 5.89 Å². The molecule has 43 heavy (non-hydrogen) atoms. The second-order valence-corrected chi connectivity index (χ2v) is 11.0. The number of pyridine rings is 1. The molecule has 1 N–H and O–H groups in total. The Bertz CT molecular complexity index is 1460. The molecular weight excluding hydrogens is 583 g/mol. The number of aldehydes is 1. The average Bonchev–Trinajstić information content (AvgIpc) is 3.59. The van der Waals surface area contributed by atoms with Gasteiger partial charge >= 0.3 is 12.3 Å². The molecule has 0 bridgehead atoms. The van der Waals surface area contributed by atoms with Crippen LogP contribution in [-0.4, -0.2) is 56.4 Å². The third kappa shape index (κ3) is 7.73. The van der Waals surface area contributed by atoms with Crippen molar-refractivity contribution in [3.05, 3.63) is 42.2 Å². The van der Waals surface area contributed by atoms with Crippen LogP contribution in [0.2, 0.25) is 0 Å². The Hall–Kier alpha value is -4.37. The molecule has 16 heteroatoms. The number of aromatic nitrogens is 4. The molecule has 1 aliphatic carbocycles. The summed E-state index contributed by atoms with van der Waals surface area (Å²) in [6, 6.07) is 2.54. The monoisotopic (exact) mass is 612 g/mol. The van der Waals surface area contributed by atoms with Gasteiger partial charge in [-0.05, 0) is 58.6 Å². The third-order valence-electron chi connectivity index (χ3n) is 6.69. The van der Waals surface area contributed by atoms with E-state index in [0.717, 1.165) is 17.4 Å². The number of nitrogens with zero attached hydrogens (tertiary/aromatic N) is 5. The molecule has 3 aromatic heterocycles. The Morgan fingerprint density at radius 3 is 2.51 bits per heavy atom. The highest BCUT2D eigenvalue weighted by Crippen LogP contribution is 2.34. The number of carbonyl (C=O) groups excluding carboxylic acids is 3. The van der Waals surface area contributed by atoms with Crippen molar-refractivity contribution in [2.45, 2.75) is 70.6 Å². The number of hydrogen-bond acceptors (Lipinski definition) is 8. The van der Waals surface area contributed by atoms with E-state index in [9.17, 15) is 36.3 Å². The Kier molecular flexibility index (Phi) is 9.15. The molecule has 0 saturated heterocycles. The second kappa shape index (κ2) is 12.5. The summed E-state index contributed by atoms with van der Waals surface area (Å²) in [6.07, 6.45) is -2.14. The first-order valence-electron chi connectivity index (χ1n) is 13.3. The third-order valence-corrected chi connectivity index (χ3v) is 6.69. The van der Waals surface area contributed by atoms with Gasteiger partial charge < -0.3 is 19.3 Å². The van der Waals surface area contributed by atoms with Gasteiger partial charge in [0.25, 0.3) is 12.3 Å². The summed E-state index contributed by atoms with van der Waals surface area (Å²) in [6.45, 7) is 2.91. The van der Waals surface area contributed by atoms with Gasteiger partial charge in [0.05, 0.1) is 11.7 Å². The van der Waals surface area contributed by atoms with Crippen LogP contribution in [0.15, 0.2) is 35.2 Å². The van der Waals surface area contributed by atoms with Crippen LogP contribution in [0.3, 0.4) is 0 Å². The maximum Gasteiger partial charge on any atom is 0.422 e. The van der Waals surface area contributed by atoms with Crippen LogP contribution in [0, 0.1) is 5.92 Å². The van der Waals surface area contributed by atoms with Gasteiger partial charge in [-0.25, -0.2) is 23.5 Å². The number of rotatable bonds is 8. The molecule has 3 aromatic rings. The van der Waals surface area contributed by atoms with Crippen molar-refractivity contribution < 1.29 is 45.5 Å². The molecular formula is C27H29F5N6O5. The Labute approximate surface area is 242 Å². The first-order chi connectivity index (χ1) is 20.2. The summed E-state index contributed by atoms with van der Waals surface area (Å²) >= 11 is 0. The Morgan fingerprint density at radius 1 is 1.21 bits per heavy atom. The summed E-state index contributed by atoms with van der Waals surface area (Å²) < 4.78 is 76.6. The maximum absolute atomic E-state index is 13.7. The summed E-state index contributed by atoms with van der Waals surface area (Å²) in [5.74, 6) is -1.11. The highest BCUT2D eigenvalue weighted by atomic mass is 19.4. The van der Waals surface area contributed by atoms with Gasteiger partial charge in [-0.3, -0.25) is 14.4 Å². The van der Waals surface area contributed by atoms with Crippen molar-refractivity contribution in [3.63, 3.8) is 0 Å². The van der Waals surface area contributed by atoms with Crippen molar-refractivity contribution in [2.75, 3.05) is 16.8 Å². The first kappa shape index (κ1) is 31.6. The number of anilines is 2. The minimum Gasteiger partial charge on any atom is -0.444 e. The molecule has 3 heterocycles. The molecule has 2 amide bonds. The van der Waals surface area contributed by atoms with Crippen LogP contribution < -0.4 is 10.2 Å². The highest BCUT2D eigenvalue weighted by Gasteiger charge is 2.35. The number of ether oxygens (including phenoxy) is 1. The minimum atomic E-state index is -4.73. The van der Waals surface area contributed by atoms with E-state index in [0.29, 0.717) is 25.7 Å². The average molecular weight is 613 g/mol. The van der Waals surface area contributed by atoms with E-state index < -0.39 is 42.4 Å². The first-order valence-corrected chi connectivity index (χ1v) is 13.3. The van der Waals surface area contributed by atoms with E-state index in [1.807, 2.05) is 0 Å². The molecule has 232 valence electrons. The molecule has 0 atom stereocenters. The fraction of sp³-hybridized carbons (Fsp3) is 0.481. The topological polar surface area (TPSA) is 132 Å². The van der Waals surface area contributed by atoms with Gasteiger partial charge in [0, 0.05) is 29.4 Å². The number of alkyl halides is 5. The molecule has 0 aliphatic heterocycles.